The minimum atomic E-state index is -0.0362. The van der Waals surface area contributed by atoms with Crippen LogP contribution in [0.5, 0.6) is 0 Å². The quantitative estimate of drug-likeness (QED) is 0.680. The molecule has 0 saturated carbocycles. The van der Waals surface area contributed by atoms with Gasteiger partial charge in [0.25, 0.3) is 0 Å². The number of hydrogen-bond donors (Lipinski definition) is 2. The molecule has 0 bridgehead atoms. The van der Waals surface area contributed by atoms with E-state index in [1.54, 1.807) is 22.7 Å². The molecule has 4 nitrogen and oxygen atoms in total. The number of thiazole rings is 1. The van der Waals surface area contributed by atoms with Crippen molar-refractivity contribution < 1.29 is 4.79 Å². The molecule has 130 valence electrons. The molecule has 25 heavy (non-hydrogen) atoms. The zero-order valence-corrected chi connectivity index (χ0v) is 15.9. The van der Waals surface area contributed by atoms with E-state index in [9.17, 15) is 4.79 Å². The number of amides is 1. The van der Waals surface area contributed by atoms with Crippen molar-refractivity contribution in [2.24, 2.45) is 0 Å². The Morgan fingerprint density at radius 3 is 3.04 bits per heavy atom. The van der Waals surface area contributed by atoms with Crippen molar-refractivity contribution in [3.05, 3.63) is 45.2 Å². The van der Waals surface area contributed by atoms with Gasteiger partial charge in [-0.3, -0.25) is 4.79 Å². The van der Waals surface area contributed by atoms with E-state index in [0.29, 0.717) is 22.5 Å². The van der Waals surface area contributed by atoms with Crippen LogP contribution < -0.4 is 10.6 Å². The molecule has 7 heteroatoms. The van der Waals surface area contributed by atoms with Gasteiger partial charge in [0.15, 0.2) is 5.13 Å². The number of thiophene rings is 1. The smallest absolute Gasteiger partial charge is 0.230 e. The molecule has 1 aliphatic heterocycles. The van der Waals surface area contributed by atoms with Gasteiger partial charge < -0.3 is 10.6 Å². The molecular weight excluding hydrogens is 374 g/mol. The maximum Gasteiger partial charge on any atom is 0.230 e. The average Bonchev–Trinajstić information content (AvgIpc) is 3.23. The Labute approximate surface area is 159 Å². The molecular formula is C18H18ClN3OS2. The standard InChI is InChI=1S/C18H18ClN3OS2/c19-13-1-2-15-14(8-13)12(10-24-15)7-17(23)22-18-21-9-16(25-18)11-3-5-20-6-4-11/h1-2,8-11,20H,3-7H2,(H,21,22,23). The molecule has 1 fully saturated rings. The second-order valence-corrected chi connectivity index (χ2v) is 8.63. The first kappa shape index (κ1) is 17.0. The predicted molar refractivity (Wildman–Crippen MR) is 106 cm³/mol. The van der Waals surface area contributed by atoms with Crippen LogP contribution in [0.25, 0.3) is 10.1 Å². The molecule has 3 heterocycles. The number of benzene rings is 1. The van der Waals surface area contributed by atoms with Gasteiger partial charge >= 0.3 is 0 Å². The van der Waals surface area contributed by atoms with Crippen molar-refractivity contribution >= 4 is 55.4 Å². The van der Waals surface area contributed by atoms with E-state index in [2.05, 4.69) is 15.6 Å². The van der Waals surface area contributed by atoms with Crippen molar-refractivity contribution in [1.29, 1.82) is 0 Å². The zero-order chi connectivity index (χ0) is 17.2. The topological polar surface area (TPSA) is 54.0 Å². The molecule has 0 radical (unpaired) electrons. The van der Waals surface area contributed by atoms with Gasteiger partial charge in [0.2, 0.25) is 5.91 Å². The summed E-state index contributed by atoms with van der Waals surface area (Å²) in [4.78, 5) is 18.1. The Morgan fingerprint density at radius 1 is 1.36 bits per heavy atom. The van der Waals surface area contributed by atoms with Crippen molar-refractivity contribution in [3.8, 4) is 0 Å². The van der Waals surface area contributed by atoms with Crippen molar-refractivity contribution in [3.63, 3.8) is 0 Å². The van der Waals surface area contributed by atoms with E-state index in [4.69, 9.17) is 11.6 Å². The minimum absolute atomic E-state index is 0.0362. The van der Waals surface area contributed by atoms with Gasteiger partial charge in [-0.2, -0.15) is 0 Å². The van der Waals surface area contributed by atoms with E-state index < -0.39 is 0 Å². The van der Waals surface area contributed by atoms with Crippen LogP contribution in [-0.2, 0) is 11.2 Å². The Bertz CT molecular complexity index is 899. The number of nitrogens with zero attached hydrogens (tertiary/aromatic N) is 1. The van der Waals surface area contributed by atoms with Crippen molar-refractivity contribution in [2.45, 2.75) is 25.2 Å². The lowest BCUT2D eigenvalue weighted by Crippen LogP contribution is -2.26. The Kier molecular flexibility index (Phi) is 5.03. The van der Waals surface area contributed by atoms with Gasteiger partial charge in [0, 0.05) is 20.8 Å². The summed E-state index contributed by atoms with van der Waals surface area (Å²) in [6, 6.07) is 5.80. The molecule has 0 aliphatic carbocycles. The molecule has 1 saturated heterocycles. The van der Waals surface area contributed by atoms with Gasteiger partial charge in [-0.05, 0) is 66.4 Å². The number of fused-ring (bicyclic) bond motifs is 1. The highest BCUT2D eigenvalue weighted by Crippen LogP contribution is 2.32. The number of carbonyl (C=O) groups excluding carboxylic acids is 1. The highest BCUT2D eigenvalue weighted by Gasteiger charge is 2.18. The molecule has 1 aromatic carbocycles. The number of rotatable bonds is 4. The maximum atomic E-state index is 12.4. The average molecular weight is 392 g/mol. The fourth-order valence-corrected chi connectivity index (χ4v) is 5.28. The van der Waals surface area contributed by atoms with Crippen LogP contribution in [0.4, 0.5) is 5.13 Å². The van der Waals surface area contributed by atoms with Crippen molar-refractivity contribution in [1.82, 2.24) is 10.3 Å². The fraction of sp³-hybridized carbons (Fsp3) is 0.333. The number of aromatic nitrogens is 1. The van der Waals surface area contributed by atoms with Crippen LogP contribution in [0.15, 0.2) is 29.8 Å². The van der Waals surface area contributed by atoms with E-state index in [1.165, 1.54) is 4.88 Å². The lowest BCUT2D eigenvalue weighted by molar-refractivity contribution is -0.115. The van der Waals surface area contributed by atoms with E-state index >= 15 is 0 Å². The Hall–Kier alpha value is -1.47. The summed E-state index contributed by atoms with van der Waals surface area (Å²) in [6.07, 6.45) is 4.52. The molecule has 0 spiro atoms. The molecule has 4 rings (SSSR count). The SMILES string of the molecule is O=C(Cc1csc2ccc(Cl)cc12)Nc1ncc(C2CCNCC2)s1. The number of halogens is 1. The van der Waals surface area contributed by atoms with Crippen LogP contribution in [-0.4, -0.2) is 24.0 Å². The van der Waals surface area contributed by atoms with Crippen LogP contribution in [0.2, 0.25) is 5.02 Å². The third-order valence-electron chi connectivity index (χ3n) is 4.48. The van der Waals surface area contributed by atoms with Crippen LogP contribution in [0.1, 0.15) is 29.2 Å². The maximum absolute atomic E-state index is 12.4. The van der Waals surface area contributed by atoms with Crippen molar-refractivity contribution in [2.75, 3.05) is 18.4 Å². The van der Waals surface area contributed by atoms with Crippen LogP contribution in [0, 0.1) is 0 Å². The summed E-state index contributed by atoms with van der Waals surface area (Å²) in [7, 11) is 0. The molecule has 0 unspecified atom stereocenters. The molecule has 1 amide bonds. The monoisotopic (exact) mass is 391 g/mol. The number of piperidine rings is 1. The lowest BCUT2D eigenvalue weighted by Gasteiger charge is -2.20. The van der Waals surface area contributed by atoms with Crippen LogP contribution in [0.3, 0.4) is 0 Å². The highest BCUT2D eigenvalue weighted by molar-refractivity contribution is 7.17. The van der Waals surface area contributed by atoms with E-state index in [1.807, 2.05) is 29.8 Å². The zero-order valence-electron chi connectivity index (χ0n) is 13.5. The second kappa shape index (κ2) is 7.41. The third-order valence-corrected chi connectivity index (χ3v) is 6.80. The third kappa shape index (κ3) is 3.87. The van der Waals surface area contributed by atoms with Gasteiger partial charge in [-0.15, -0.1) is 22.7 Å². The summed E-state index contributed by atoms with van der Waals surface area (Å²) in [6.45, 7) is 2.11. The van der Waals surface area contributed by atoms with Gasteiger partial charge in [0.05, 0.1) is 6.42 Å². The summed E-state index contributed by atoms with van der Waals surface area (Å²) in [5.41, 5.74) is 1.01. The normalized spacial score (nSPS) is 15.6. The first-order chi connectivity index (χ1) is 12.2. The molecule has 2 N–H and O–H groups in total. The summed E-state index contributed by atoms with van der Waals surface area (Å²) in [5, 5.41) is 10.8. The molecule has 3 aromatic rings. The first-order valence-electron chi connectivity index (χ1n) is 8.31. The van der Waals surface area contributed by atoms with E-state index in [0.717, 1.165) is 41.6 Å². The van der Waals surface area contributed by atoms with E-state index in [-0.39, 0.29) is 5.91 Å². The second-order valence-electron chi connectivity index (χ2n) is 6.22. The summed E-state index contributed by atoms with van der Waals surface area (Å²) < 4.78 is 1.15. The predicted octanol–water partition coefficient (Wildman–Crippen LogP) is 4.66. The first-order valence-corrected chi connectivity index (χ1v) is 10.4. The number of nitrogens with one attached hydrogen (secondary N) is 2. The molecule has 2 aromatic heterocycles. The molecule has 1 aliphatic rings. The lowest BCUT2D eigenvalue weighted by atomic mass is 9.97. The summed E-state index contributed by atoms with van der Waals surface area (Å²) in [5.74, 6) is 0.526. The highest BCUT2D eigenvalue weighted by atomic mass is 35.5. The largest absolute Gasteiger partial charge is 0.317 e. The summed E-state index contributed by atoms with van der Waals surface area (Å²) >= 11 is 9.32. The van der Waals surface area contributed by atoms with Gasteiger partial charge in [-0.25, -0.2) is 4.98 Å². The Balaban J connectivity index is 1.43. The van der Waals surface area contributed by atoms with Crippen LogP contribution >= 0.6 is 34.3 Å². The van der Waals surface area contributed by atoms with Gasteiger partial charge in [0.1, 0.15) is 0 Å². The Morgan fingerprint density at radius 2 is 2.20 bits per heavy atom. The number of anilines is 1. The number of hydrogen-bond acceptors (Lipinski definition) is 5. The fourth-order valence-electron chi connectivity index (χ4n) is 3.17. The molecule has 0 atom stereocenters. The minimum Gasteiger partial charge on any atom is -0.317 e. The number of carbonyl (C=O) groups is 1. The van der Waals surface area contributed by atoms with Gasteiger partial charge in [-0.1, -0.05) is 11.6 Å².